The highest BCUT2D eigenvalue weighted by atomic mass is 32.2. The van der Waals surface area contributed by atoms with Gasteiger partial charge in [0.25, 0.3) is 0 Å². The highest BCUT2D eigenvalue weighted by Crippen LogP contribution is 2.32. The van der Waals surface area contributed by atoms with Crippen LogP contribution in [-0.4, -0.2) is 56.7 Å². The topological polar surface area (TPSA) is 75.7 Å². The van der Waals surface area contributed by atoms with Gasteiger partial charge in [-0.05, 0) is 19.8 Å². The van der Waals surface area contributed by atoms with Crippen LogP contribution in [0.15, 0.2) is 0 Å². The van der Waals surface area contributed by atoms with Crippen LogP contribution in [0.1, 0.15) is 32.6 Å². The zero-order valence-electron chi connectivity index (χ0n) is 12.2. The third-order valence-corrected chi connectivity index (χ3v) is 6.66. The zero-order valence-corrected chi connectivity index (χ0v) is 13.0. The number of nitrogens with zero attached hydrogens (tertiary/aromatic N) is 1. The van der Waals surface area contributed by atoms with Gasteiger partial charge in [0.1, 0.15) is 0 Å². The van der Waals surface area contributed by atoms with E-state index in [0.717, 1.165) is 12.8 Å². The maximum absolute atomic E-state index is 12.8. The third-order valence-electron chi connectivity index (χ3n) is 4.28. The first-order valence-electron chi connectivity index (χ1n) is 7.27. The van der Waals surface area contributed by atoms with Crippen molar-refractivity contribution in [2.24, 2.45) is 5.92 Å². The second-order valence-corrected chi connectivity index (χ2v) is 7.86. The molecule has 1 saturated carbocycles. The van der Waals surface area contributed by atoms with Crippen LogP contribution >= 0.6 is 0 Å². The lowest BCUT2D eigenvalue weighted by atomic mass is 9.89. The highest BCUT2D eigenvalue weighted by Gasteiger charge is 2.43. The number of nitrogens with one attached hydrogen (secondary N) is 1. The Morgan fingerprint density at radius 3 is 2.65 bits per heavy atom. The van der Waals surface area contributed by atoms with E-state index >= 15 is 0 Å². The smallest absolute Gasteiger partial charge is 0.310 e. The Morgan fingerprint density at radius 2 is 2.00 bits per heavy atom. The van der Waals surface area contributed by atoms with Crippen molar-refractivity contribution in [2.45, 2.75) is 43.9 Å². The van der Waals surface area contributed by atoms with E-state index in [2.05, 4.69) is 5.32 Å². The largest absolute Gasteiger partial charge is 0.469 e. The zero-order chi connectivity index (χ0) is 14.8. The van der Waals surface area contributed by atoms with Gasteiger partial charge in [-0.1, -0.05) is 12.8 Å². The number of hydrogen-bond donors (Lipinski definition) is 1. The van der Waals surface area contributed by atoms with E-state index in [9.17, 15) is 13.2 Å². The molecule has 0 aromatic rings. The van der Waals surface area contributed by atoms with Crippen molar-refractivity contribution in [3.8, 4) is 0 Å². The molecule has 1 heterocycles. The summed E-state index contributed by atoms with van der Waals surface area (Å²) in [6, 6.07) is 0.152. The quantitative estimate of drug-likeness (QED) is 0.761. The van der Waals surface area contributed by atoms with E-state index in [1.54, 1.807) is 4.31 Å². The van der Waals surface area contributed by atoms with Crippen LogP contribution in [0.25, 0.3) is 0 Å². The van der Waals surface area contributed by atoms with Crippen LogP contribution in [-0.2, 0) is 19.6 Å². The molecule has 2 fully saturated rings. The number of carbonyl (C=O) groups is 1. The van der Waals surface area contributed by atoms with Gasteiger partial charge in [-0.25, -0.2) is 8.42 Å². The molecule has 1 aliphatic carbocycles. The van der Waals surface area contributed by atoms with Gasteiger partial charge in [-0.15, -0.1) is 0 Å². The van der Waals surface area contributed by atoms with Gasteiger partial charge in [0, 0.05) is 25.7 Å². The highest BCUT2D eigenvalue weighted by molar-refractivity contribution is 7.89. The lowest BCUT2D eigenvalue weighted by Gasteiger charge is -2.37. The molecule has 2 rings (SSSR count). The Labute approximate surface area is 120 Å². The predicted molar refractivity (Wildman–Crippen MR) is 75.7 cm³/mol. The number of piperazine rings is 1. The molecule has 1 N–H and O–H groups in total. The van der Waals surface area contributed by atoms with Gasteiger partial charge in [-0.2, -0.15) is 4.31 Å². The fourth-order valence-electron chi connectivity index (χ4n) is 3.19. The number of ether oxygens (including phenoxy) is 1. The standard InChI is InChI=1S/C13H24N2O4S/c1-10-9-15(8-7-14-10)20(17,18)12-6-4-3-5-11(12)13(16)19-2/h10-12,14H,3-9H2,1-2H3/t10-,11?,12?/m1/s1. The first kappa shape index (κ1) is 15.7. The second kappa shape index (κ2) is 6.41. The average molecular weight is 304 g/mol. The summed E-state index contributed by atoms with van der Waals surface area (Å²) in [7, 11) is -2.10. The predicted octanol–water partition coefficient (Wildman–Crippen LogP) is 0.342. The Bertz CT molecular complexity index is 451. The van der Waals surface area contributed by atoms with Gasteiger partial charge in [0.15, 0.2) is 0 Å². The fourth-order valence-corrected chi connectivity index (χ4v) is 5.48. The first-order chi connectivity index (χ1) is 9.46. The summed E-state index contributed by atoms with van der Waals surface area (Å²) in [5, 5.41) is 2.62. The van der Waals surface area contributed by atoms with Gasteiger partial charge < -0.3 is 10.1 Å². The molecule has 20 heavy (non-hydrogen) atoms. The lowest BCUT2D eigenvalue weighted by Crippen LogP contribution is -2.55. The van der Waals surface area contributed by atoms with Crippen molar-refractivity contribution in [3.05, 3.63) is 0 Å². The summed E-state index contributed by atoms with van der Waals surface area (Å²) in [6.45, 7) is 3.60. The van der Waals surface area contributed by atoms with E-state index in [1.165, 1.54) is 7.11 Å². The molecule has 0 aromatic heterocycles. The summed E-state index contributed by atoms with van der Waals surface area (Å²) >= 11 is 0. The van der Waals surface area contributed by atoms with Crippen molar-refractivity contribution in [2.75, 3.05) is 26.7 Å². The number of sulfonamides is 1. The SMILES string of the molecule is COC(=O)C1CCCCC1S(=O)(=O)N1CCN[C@H](C)C1. The third kappa shape index (κ3) is 3.15. The number of methoxy groups -OCH3 is 1. The van der Waals surface area contributed by atoms with E-state index in [1.807, 2.05) is 6.92 Å². The average Bonchev–Trinajstić information content (AvgIpc) is 2.46. The van der Waals surface area contributed by atoms with Crippen LogP contribution < -0.4 is 5.32 Å². The number of carbonyl (C=O) groups excluding carboxylic acids is 1. The van der Waals surface area contributed by atoms with E-state index < -0.39 is 21.2 Å². The second-order valence-electron chi connectivity index (χ2n) is 5.71. The molecule has 3 atom stereocenters. The van der Waals surface area contributed by atoms with Crippen molar-refractivity contribution in [3.63, 3.8) is 0 Å². The minimum absolute atomic E-state index is 0.152. The molecule has 116 valence electrons. The van der Waals surface area contributed by atoms with Crippen molar-refractivity contribution >= 4 is 16.0 Å². The van der Waals surface area contributed by atoms with E-state index in [4.69, 9.17) is 4.74 Å². The lowest BCUT2D eigenvalue weighted by molar-refractivity contribution is -0.146. The van der Waals surface area contributed by atoms with Gasteiger partial charge in [-0.3, -0.25) is 4.79 Å². The summed E-state index contributed by atoms with van der Waals surface area (Å²) in [5.41, 5.74) is 0. The number of rotatable bonds is 3. The van der Waals surface area contributed by atoms with Crippen molar-refractivity contribution < 1.29 is 17.9 Å². The minimum Gasteiger partial charge on any atom is -0.469 e. The molecular formula is C13H24N2O4S. The fraction of sp³-hybridized carbons (Fsp3) is 0.923. The summed E-state index contributed by atoms with van der Waals surface area (Å²) < 4.78 is 31.9. The normalized spacial score (nSPS) is 32.8. The Balaban J connectivity index is 2.19. The molecule has 6 nitrogen and oxygen atoms in total. The summed E-state index contributed by atoms with van der Waals surface area (Å²) in [6.07, 6.45) is 2.92. The molecule has 0 bridgehead atoms. The van der Waals surface area contributed by atoms with Crippen LogP contribution in [0, 0.1) is 5.92 Å². The molecule has 7 heteroatoms. The summed E-state index contributed by atoms with van der Waals surface area (Å²) in [4.78, 5) is 11.9. The van der Waals surface area contributed by atoms with Crippen LogP contribution in [0.3, 0.4) is 0 Å². The van der Waals surface area contributed by atoms with Crippen molar-refractivity contribution in [1.82, 2.24) is 9.62 Å². The van der Waals surface area contributed by atoms with Crippen molar-refractivity contribution in [1.29, 1.82) is 0 Å². The number of hydrogen-bond acceptors (Lipinski definition) is 5. The molecular weight excluding hydrogens is 280 g/mol. The first-order valence-corrected chi connectivity index (χ1v) is 8.77. The molecule has 1 aliphatic heterocycles. The Morgan fingerprint density at radius 1 is 1.30 bits per heavy atom. The molecule has 2 unspecified atom stereocenters. The Hall–Kier alpha value is -0.660. The molecule has 0 radical (unpaired) electrons. The van der Waals surface area contributed by atoms with E-state index in [-0.39, 0.29) is 12.0 Å². The molecule has 2 aliphatic rings. The van der Waals surface area contributed by atoms with E-state index in [0.29, 0.717) is 32.5 Å². The number of esters is 1. The van der Waals surface area contributed by atoms with Gasteiger partial charge in [0.05, 0.1) is 18.3 Å². The van der Waals surface area contributed by atoms with Gasteiger partial charge in [0.2, 0.25) is 10.0 Å². The van der Waals surface area contributed by atoms with Gasteiger partial charge >= 0.3 is 5.97 Å². The van der Waals surface area contributed by atoms with Crippen LogP contribution in [0.5, 0.6) is 0 Å². The maximum atomic E-state index is 12.8. The minimum atomic E-state index is -3.43. The molecule has 0 amide bonds. The summed E-state index contributed by atoms with van der Waals surface area (Å²) in [5.74, 6) is -0.898. The monoisotopic (exact) mass is 304 g/mol. The molecule has 1 saturated heterocycles. The Kier molecular flexibility index (Phi) is 5.04. The van der Waals surface area contributed by atoms with Crippen LogP contribution in [0.4, 0.5) is 0 Å². The maximum Gasteiger partial charge on any atom is 0.310 e. The van der Waals surface area contributed by atoms with Crippen LogP contribution in [0.2, 0.25) is 0 Å². The molecule has 0 spiro atoms. The molecule has 0 aromatic carbocycles.